The van der Waals surface area contributed by atoms with Gasteiger partial charge in [-0.1, -0.05) is 17.3 Å². The Morgan fingerprint density at radius 3 is 2.59 bits per heavy atom. The highest BCUT2D eigenvalue weighted by Crippen LogP contribution is 2.40. The smallest absolute Gasteiger partial charge is 0.352 e. The number of phenols is 2. The van der Waals surface area contributed by atoms with E-state index in [1.54, 1.807) is 36.7 Å². The molecule has 8 N–H and O–H groups in total. The number of anilines is 2. The molecule has 0 aliphatic carbocycles. The van der Waals surface area contributed by atoms with Gasteiger partial charge >= 0.3 is 5.97 Å². The van der Waals surface area contributed by atoms with Crippen LogP contribution in [0.15, 0.2) is 76.7 Å². The van der Waals surface area contributed by atoms with Crippen LogP contribution in [0.3, 0.4) is 0 Å². The van der Waals surface area contributed by atoms with Gasteiger partial charge in [-0.25, -0.2) is 14.3 Å². The molecule has 2 amide bonds. The highest BCUT2D eigenvalue weighted by molar-refractivity contribution is 8.00. The standard InChI is InChI=1S/C28H25N7O9S2/c29-15-5-8-34(9-6-15)7-1-2-14-11-45-25-20(24(39)35(25)21(14)26(40)41)32-23(38)19(16-12-46-28(30)31-16)33-44-22(27(42)43)13-3-4-17(36)18(37)10-13/h1-6,8-10,12,20,22,25,29H,7,11H2,(H7,30,31,32,33,36,37,38,40,41,42,43)/b2-1+/t20?,22?,25-/m1/s1. The van der Waals surface area contributed by atoms with Crippen LogP contribution in [0.5, 0.6) is 11.5 Å². The number of nitrogens with one attached hydrogen (secondary N) is 1. The lowest BCUT2D eigenvalue weighted by Crippen LogP contribution is -2.71. The van der Waals surface area contributed by atoms with Crippen LogP contribution in [-0.4, -0.2) is 71.8 Å². The molecule has 4 heterocycles. The Kier molecular flexibility index (Phi) is 9.10. The van der Waals surface area contributed by atoms with Gasteiger partial charge in [0.25, 0.3) is 11.8 Å². The molecule has 0 spiro atoms. The number of carbonyl (C=O) groups is 4. The normalized spacial score (nSPS) is 18.6. The summed E-state index contributed by atoms with van der Waals surface area (Å²) in [6, 6.07) is 5.43. The SMILES string of the molecule is Nc1cc[n+](C/C=C/C2=C(C(=O)[O-])N3C(=O)C(NC(=O)/C(=N\OC(C(=O)O)c4ccc(O)c(O)c4)c4csc(N)n4)[C@H]3SC2)cc1. The number of hydrogen-bond acceptors (Lipinski definition) is 14. The van der Waals surface area contributed by atoms with E-state index in [-0.39, 0.29) is 27.8 Å². The number of rotatable bonds is 11. The second-order valence-corrected chi connectivity index (χ2v) is 11.8. The number of aliphatic carboxylic acids is 2. The van der Waals surface area contributed by atoms with E-state index in [9.17, 15) is 39.6 Å². The fourth-order valence-corrected chi connectivity index (χ4v) is 6.40. The van der Waals surface area contributed by atoms with E-state index >= 15 is 0 Å². The van der Waals surface area contributed by atoms with Gasteiger partial charge in [0, 0.05) is 34.5 Å². The third kappa shape index (κ3) is 6.57. The number of aromatic nitrogens is 2. The van der Waals surface area contributed by atoms with E-state index in [2.05, 4.69) is 15.5 Å². The Morgan fingerprint density at radius 2 is 1.96 bits per heavy atom. The molecule has 1 aromatic carbocycles. The summed E-state index contributed by atoms with van der Waals surface area (Å²) in [6.07, 6.45) is 5.02. The van der Waals surface area contributed by atoms with Gasteiger partial charge in [0.15, 0.2) is 41.3 Å². The summed E-state index contributed by atoms with van der Waals surface area (Å²) in [6.45, 7) is 0.410. The summed E-state index contributed by atoms with van der Waals surface area (Å²) in [5.74, 6) is -5.70. The number of carboxylic acids is 2. The van der Waals surface area contributed by atoms with E-state index < -0.39 is 58.5 Å². The van der Waals surface area contributed by atoms with Crippen molar-refractivity contribution in [3.05, 3.63) is 82.8 Å². The summed E-state index contributed by atoms with van der Waals surface area (Å²) in [4.78, 5) is 60.9. The van der Waals surface area contributed by atoms with E-state index in [0.717, 1.165) is 28.4 Å². The van der Waals surface area contributed by atoms with E-state index in [1.165, 1.54) is 23.2 Å². The molecule has 0 saturated carbocycles. The van der Waals surface area contributed by atoms with Crippen LogP contribution in [0.25, 0.3) is 0 Å². The fourth-order valence-electron chi connectivity index (χ4n) is 4.54. The molecule has 238 valence electrons. The van der Waals surface area contributed by atoms with Gasteiger partial charge in [-0.15, -0.1) is 23.1 Å². The molecular formula is C28H25N7O9S2. The van der Waals surface area contributed by atoms with Crippen molar-refractivity contribution in [3.8, 4) is 11.5 Å². The van der Waals surface area contributed by atoms with Crippen molar-refractivity contribution in [1.82, 2.24) is 15.2 Å². The van der Waals surface area contributed by atoms with Gasteiger partial charge in [0.1, 0.15) is 17.1 Å². The molecule has 1 saturated heterocycles. The average molecular weight is 668 g/mol. The molecule has 2 unspecified atom stereocenters. The maximum absolute atomic E-state index is 13.4. The Labute approximate surface area is 267 Å². The number of oxime groups is 1. The Hall–Kier alpha value is -5.62. The van der Waals surface area contributed by atoms with Crippen molar-refractivity contribution in [1.29, 1.82) is 0 Å². The maximum atomic E-state index is 13.4. The average Bonchev–Trinajstić information content (AvgIpc) is 3.45. The minimum Gasteiger partial charge on any atom is -0.543 e. The lowest BCUT2D eigenvalue weighted by atomic mass is 10.0. The van der Waals surface area contributed by atoms with Crippen molar-refractivity contribution in [2.45, 2.75) is 24.1 Å². The molecule has 46 heavy (non-hydrogen) atoms. The zero-order valence-electron chi connectivity index (χ0n) is 23.5. The number of amides is 2. The van der Waals surface area contributed by atoms with Crippen LogP contribution in [0, 0.1) is 0 Å². The van der Waals surface area contributed by atoms with Crippen molar-refractivity contribution in [3.63, 3.8) is 0 Å². The summed E-state index contributed by atoms with van der Waals surface area (Å²) in [7, 11) is 0. The largest absolute Gasteiger partial charge is 0.543 e. The first-order valence-corrected chi connectivity index (χ1v) is 15.2. The monoisotopic (exact) mass is 667 g/mol. The second-order valence-electron chi connectivity index (χ2n) is 9.84. The van der Waals surface area contributed by atoms with Gasteiger partial charge in [-0.3, -0.25) is 14.5 Å². The summed E-state index contributed by atoms with van der Waals surface area (Å²) in [5.41, 5.74) is 11.3. The maximum Gasteiger partial charge on any atom is 0.352 e. The number of pyridine rings is 1. The first-order valence-electron chi connectivity index (χ1n) is 13.3. The number of allylic oxidation sites excluding steroid dienone is 2. The lowest BCUT2D eigenvalue weighted by molar-refractivity contribution is -0.686. The number of β-lactam (4-membered cyclic amide) rings is 1. The number of fused-ring (bicyclic) bond motifs is 1. The first-order chi connectivity index (χ1) is 21.9. The van der Waals surface area contributed by atoms with Crippen LogP contribution in [0.4, 0.5) is 10.8 Å². The van der Waals surface area contributed by atoms with E-state index in [4.69, 9.17) is 16.3 Å². The minimum absolute atomic E-state index is 0.0570. The van der Waals surface area contributed by atoms with Gasteiger partial charge < -0.3 is 46.8 Å². The molecule has 16 nitrogen and oxygen atoms in total. The van der Waals surface area contributed by atoms with Crippen LogP contribution >= 0.6 is 23.1 Å². The predicted octanol–water partition coefficient (Wildman–Crippen LogP) is -0.787. The number of nitrogens with zero attached hydrogens (tertiary/aromatic N) is 4. The lowest BCUT2D eigenvalue weighted by Gasteiger charge is -2.50. The van der Waals surface area contributed by atoms with E-state index in [1.807, 2.05) is 4.57 Å². The van der Waals surface area contributed by atoms with Gasteiger partial charge in [-0.2, -0.15) is 0 Å². The Bertz CT molecular complexity index is 1810. The van der Waals surface area contributed by atoms with Gasteiger partial charge in [0.05, 0.1) is 11.7 Å². The number of phenolic OH excluding ortho intramolecular Hbond substituents is 2. The quantitative estimate of drug-likeness (QED) is 0.0482. The summed E-state index contributed by atoms with van der Waals surface area (Å²) in [5, 5.41) is 48.0. The number of carboxylic acid groups (broad SMARTS) is 2. The molecule has 0 bridgehead atoms. The number of aromatic hydroxyl groups is 2. The molecule has 0 radical (unpaired) electrons. The molecule has 2 aliphatic heterocycles. The number of nitrogen functional groups attached to an aromatic ring is 2. The summed E-state index contributed by atoms with van der Waals surface area (Å²) >= 11 is 2.18. The first kappa shape index (κ1) is 31.8. The molecular weight excluding hydrogens is 642 g/mol. The molecule has 2 aromatic heterocycles. The number of thioether (sulfide) groups is 1. The third-order valence-electron chi connectivity index (χ3n) is 6.79. The van der Waals surface area contributed by atoms with Crippen LogP contribution in [0.1, 0.15) is 17.4 Å². The zero-order chi connectivity index (χ0) is 33.1. The Morgan fingerprint density at radius 1 is 1.22 bits per heavy atom. The van der Waals surface area contributed by atoms with Crippen LogP contribution in [-0.2, 0) is 30.6 Å². The topological polar surface area (TPSA) is 258 Å². The summed E-state index contributed by atoms with van der Waals surface area (Å²) < 4.78 is 1.82. The van der Waals surface area contributed by atoms with Gasteiger partial charge in [-0.05, 0) is 23.8 Å². The zero-order valence-corrected chi connectivity index (χ0v) is 25.1. The molecule has 3 atom stereocenters. The van der Waals surface area contributed by atoms with Gasteiger partial charge in [0.2, 0.25) is 6.10 Å². The fraction of sp³-hybridized carbons (Fsp3) is 0.179. The Balaban J connectivity index is 1.34. The van der Waals surface area contributed by atoms with Crippen molar-refractivity contribution < 1.29 is 49.0 Å². The number of thiazole rings is 1. The number of nitrogens with two attached hydrogens (primary N) is 2. The molecule has 2 aliphatic rings. The molecule has 18 heteroatoms. The minimum atomic E-state index is -1.82. The number of hydrogen-bond donors (Lipinski definition) is 6. The molecule has 5 rings (SSSR count). The number of benzene rings is 1. The van der Waals surface area contributed by atoms with E-state index in [0.29, 0.717) is 17.8 Å². The van der Waals surface area contributed by atoms with Crippen LogP contribution in [0.2, 0.25) is 0 Å². The highest BCUT2D eigenvalue weighted by atomic mass is 32.2. The molecule has 3 aromatic rings. The molecule has 1 fully saturated rings. The number of carbonyl (C=O) groups excluding carboxylic acids is 3. The second kappa shape index (κ2) is 13.2. The highest BCUT2D eigenvalue weighted by Gasteiger charge is 2.53. The van der Waals surface area contributed by atoms with Crippen molar-refractivity contribution in [2.75, 3.05) is 17.2 Å². The van der Waals surface area contributed by atoms with Crippen LogP contribution < -0.4 is 26.5 Å². The predicted molar refractivity (Wildman–Crippen MR) is 162 cm³/mol. The van der Waals surface area contributed by atoms with Crippen molar-refractivity contribution >= 4 is 63.4 Å². The third-order valence-corrected chi connectivity index (χ3v) is 8.76. The van der Waals surface area contributed by atoms with Crippen molar-refractivity contribution in [2.24, 2.45) is 5.16 Å².